The first-order chi connectivity index (χ1) is 25.4. The van der Waals surface area contributed by atoms with Crippen molar-refractivity contribution in [1.82, 2.24) is 39.9 Å². The zero-order valence-corrected chi connectivity index (χ0v) is 29.3. The Bertz CT molecular complexity index is 2520. The number of aryl methyl sites for hydroxylation is 4. The molecule has 9 rings (SSSR count). The van der Waals surface area contributed by atoms with Gasteiger partial charge in [-0.1, -0.05) is 0 Å². The number of rotatable bonds is 4. The molecule has 0 atom stereocenters. The van der Waals surface area contributed by atoms with Crippen LogP contribution in [0.1, 0.15) is 67.8 Å². The van der Waals surface area contributed by atoms with Crippen molar-refractivity contribution in [1.29, 1.82) is 0 Å². The summed E-state index contributed by atoms with van der Waals surface area (Å²) in [6.07, 6.45) is 7.49. The van der Waals surface area contributed by atoms with Crippen molar-refractivity contribution in [3.8, 4) is 0 Å². The van der Waals surface area contributed by atoms with Crippen molar-refractivity contribution in [3.05, 3.63) is 211 Å². The van der Waals surface area contributed by atoms with Crippen LogP contribution in [0.25, 0.3) is 22.3 Å². The average molecular weight is 677 g/mol. The third-order valence-electron chi connectivity index (χ3n) is 9.64. The molecule has 0 aliphatic carbocycles. The van der Waals surface area contributed by atoms with E-state index in [9.17, 15) is 0 Å². The van der Waals surface area contributed by atoms with Gasteiger partial charge < -0.3 is 19.9 Å². The van der Waals surface area contributed by atoms with Crippen LogP contribution in [-0.4, -0.2) is 39.9 Å². The molecule has 0 saturated carbocycles. The summed E-state index contributed by atoms with van der Waals surface area (Å²) in [5.74, 6) is 0. The molecule has 8 heteroatoms. The van der Waals surface area contributed by atoms with Crippen molar-refractivity contribution in [2.24, 2.45) is 0 Å². The highest BCUT2D eigenvalue weighted by molar-refractivity contribution is 5.84. The Kier molecular flexibility index (Phi) is 7.51. The van der Waals surface area contributed by atoms with Gasteiger partial charge in [-0.3, -0.25) is 19.9 Å². The summed E-state index contributed by atoms with van der Waals surface area (Å²) >= 11 is 0. The largest absolute Gasteiger partial charge is 0.354 e. The van der Waals surface area contributed by atoms with E-state index < -0.39 is 0 Å². The van der Waals surface area contributed by atoms with Gasteiger partial charge in [-0.15, -0.1) is 0 Å². The number of aromatic amines is 4. The zero-order chi connectivity index (χ0) is 35.3. The number of nitrogens with zero attached hydrogens (tertiary/aromatic N) is 4. The fraction of sp³-hybridized carbons (Fsp3) is 0.0909. The second-order valence-corrected chi connectivity index (χ2v) is 13.4. The third kappa shape index (κ3) is 5.60. The Hall–Kier alpha value is -6.80. The first-order valence-corrected chi connectivity index (χ1v) is 17.4. The smallest absolute Gasteiger partial charge is 0.0485 e. The van der Waals surface area contributed by atoms with Crippen LogP contribution in [0.2, 0.25) is 0 Å². The predicted molar refractivity (Wildman–Crippen MR) is 204 cm³/mol. The molecule has 9 heterocycles. The maximum absolute atomic E-state index is 4.52. The number of fused-ring (bicyclic) bond motifs is 8. The minimum atomic E-state index is 0.948. The van der Waals surface area contributed by atoms with Crippen LogP contribution in [0.3, 0.4) is 0 Å². The lowest BCUT2D eigenvalue weighted by molar-refractivity contribution is 1.16. The highest BCUT2D eigenvalue weighted by Gasteiger charge is 2.19. The van der Waals surface area contributed by atoms with Crippen molar-refractivity contribution in [2.45, 2.75) is 27.7 Å². The Morgan fingerprint density at radius 3 is 0.788 bits per heavy atom. The van der Waals surface area contributed by atoms with Crippen molar-refractivity contribution >= 4 is 22.3 Å². The Balaban J connectivity index is 1.45. The van der Waals surface area contributed by atoms with Crippen LogP contribution < -0.4 is 21.4 Å². The molecule has 4 N–H and O–H groups in total. The average Bonchev–Trinajstić information content (AvgIpc) is 3.96. The number of hydrogen-bond donors (Lipinski definition) is 4. The third-order valence-corrected chi connectivity index (χ3v) is 9.64. The summed E-state index contributed by atoms with van der Waals surface area (Å²) in [6, 6.07) is 34.2. The minimum Gasteiger partial charge on any atom is -0.354 e. The number of nitrogens with one attached hydrogen (secondary N) is 4. The molecule has 52 heavy (non-hydrogen) atoms. The molecule has 252 valence electrons. The number of aromatic nitrogens is 8. The Morgan fingerprint density at radius 1 is 0.308 bits per heavy atom. The molecule has 0 aromatic carbocycles. The molecule has 1 aliphatic heterocycles. The van der Waals surface area contributed by atoms with Gasteiger partial charge in [-0.2, -0.15) is 0 Å². The van der Waals surface area contributed by atoms with E-state index in [4.69, 9.17) is 0 Å². The van der Waals surface area contributed by atoms with E-state index in [1.165, 1.54) is 0 Å². The van der Waals surface area contributed by atoms with E-state index in [-0.39, 0.29) is 0 Å². The summed E-state index contributed by atoms with van der Waals surface area (Å²) in [6.45, 7) is 8.11. The van der Waals surface area contributed by atoms with E-state index in [2.05, 4.69) is 137 Å². The highest BCUT2D eigenvalue weighted by Crippen LogP contribution is 2.28. The van der Waals surface area contributed by atoms with Crippen LogP contribution in [0, 0.1) is 27.7 Å². The Labute approximate surface area is 300 Å². The predicted octanol–water partition coefficient (Wildman–Crippen LogP) is 5.12. The van der Waals surface area contributed by atoms with Crippen LogP contribution in [-0.2, 0) is 0 Å². The molecule has 0 radical (unpaired) electrons. The van der Waals surface area contributed by atoms with Crippen LogP contribution in [0.4, 0.5) is 0 Å². The highest BCUT2D eigenvalue weighted by atomic mass is 14.8. The van der Waals surface area contributed by atoms with Gasteiger partial charge in [0.1, 0.15) is 0 Å². The maximum atomic E-state index is 4.52. The SMILES string of the molecule is Cc1cc(C2=c3ccc([nH]3)=C(c3ccnc(C)c3)c3ccc([nH]3)C(c3ccnc(C)c3)=c3ccc([nH]3)=C(c3ccnc(C)c3)c3ccc2[nH]3)ccn1. The lowest BCUT2D eigenvalue weighted by Crippen LogP contribution is -2.19. The molecular formula is C44H36N8. The fourth-order valence-corrected chi connectivity index (χ4v) is 7.38. The lowest BCUT2D eigenvalue weighted by Gasteiger charge is -2.10. The topological polar surface area (TPSA) is 115 Å². The minimum absolute atomic E-state index is 0.948. The molecule has 8 nitrogen and oxygen atoms in total. The molecule has 0 spiro atoms. The van der Waals surface area contributed by atoms with E-state index in [1.807, 2.05) is 52.5 Å². The van der Waals surface area contributed by atoms with Gasteiger partial charge in [0, 0.05) is 114 Å². The van der Waals surface area contributed by atoms with Gasteiger partial charge in [0.25, 0.3) is 0 Å². The normalized spacial score (nSPS) is 12.8. The standard InChI is InChI=1S/C44H36N8/c1-25-21-29(13-17-45-25)41-33-5-7-35(49-33)42(30-14-18-46-26(2)22-30)37-9-11-39(51-37)44(32-16-20-48-28(4)24-32)40-12-10-38(52-40)43(36-8-6-34(41)50-36)31-15-19-47-27(3)23-31/h5-24,49-52H,1-4H3. The molecule has 8 aromatic heterocycles. The summed E-state index contributed by atoms with van der Waals surface area (Å²) in [7, 11) is 0. The molecule has 1 aliphatic rings. The summed E-state index contributed by atoms with van der Waals surface area (Å²) in [4.78, 5) is 33.4. The molecule has 0 saturated heterocycles. The first-order valence-electron chi connectivity index (χ1n) is 17.4. The molecular weight excluding hydrogens is 641 g/mol. The number of pyridine rings is 4. The van der Waals surface area contributed by atoms with Crippen LogP contribution >= 0.6 is 0 Å². The summed E-state index contributed by atoms with van der Waals surface area (Å²) in [5, 5.41) is 3.94. The van der Waals surface area contributed by atoms with E-state index in [0.717, 1.165) is 111 Å². The number of H-pyrrole nitrogens is 4. The van der Waals surface area contributed by atoms with E-state index in [0.29, 0.717) is 0 Å². The molecule has 8 bridgehead atoms. The molecule has 0 fully saturated rings. The maximum Gasteiger partial charge on any atom is 0.0485 e. The fourth-order valence-electron chi connectivity index (χ4n) is 7.38. The van der Waals surface area contributed by atoms with Gasteiger partial charge in [0.15, 0.2) is 0 Å². The van der Waals surface area contributed by atoms with Gasteiger partial charge in [-0.05, 0) is 147 Å². The first kappa shape index (κ1) is 31.2. The second kappa shape index (κ2) is 12.5. The van der Waals surface area contributed by atoms with Gasteiger partial charge in [-0.25, -0.2) is 0 Å². The van der Waals surface area contributed by atoms with Crippen molar-refractivity contribution in [2.75, 3.05) is 0 Å². The second-order valence-electron chi connectivity index (χ2n) is 13.4. The van der Waals surface area contributed by atoms with Crippen LogP contribution in [0.15, 0.2) is 122 Å². The van der Waals surface area contributed by atoms with Gasteiger partial charge >= 0.3 is 0 Å². The zero-order valence-electron chi connectivity index (χ0n) is 29.3. The number of hydrogen-bond acceptors (Lipinski definition) is 4. The molecule has 0 amide bonds. The monoisotopic (exact) mass is 676 g/mol. The summed E-state index contributed by atoms with van der Waals surface area (Å²) < 4.78 is 0. The van der Waals surface area contributed by atoms with Crippen molar-refractivity contribution in [3.63, 3.8) is 0 Å². The van der Waals surface area contributed by atoms with Gasteiger partial charge in [0.2, 0.25) is 0 Å². The van der Waals surface area contributed by atoms with E-state index >= 15 is 0 Å². The summed E-state index contributed by atoms with van der Waals surface area (Å²) in [5.41, 5.74) is 16.2. The quantitative estimate of drug-likeness (QED) is 0.207. The van der Waals surface area contributed by atoms with Crippen LogP contribution in [0.5, 0.6) is 0 Å². The lowest BCUT2D eigenvalue weighted by atomic mass is 10.0. The van der Waals surface area contributed by atoms with E-state index in [1.54, 1.807) is 0 Å². The molecule has 8 aromatic rings. The Morgan fingerprint density at radius 2 is 0.558 bits per heavy atom. The van der Waals surface area contributed by atoms with Gasteiger partial charge in [0.05, 0.1) is 0 Å². The van der Waals surface area contributed by atoms with Crippen molar-refractivity contribution < 1.29 is 0 Å². The molecule has 0 unspecified atom stereocenters.